The molecular weight excluding hydrogens is 229 g/mol. The fourth-order valence-corrected chi connectivity index (χ4v) is 3.27. The Labute approximate surface area is 100 Å². The average Bonchev–Trinajstić information content (AvgIpc) is 2.73. The van der Waals surface area contributed by atoms with Gasteiger partial charge >= 0.3 is 6.18 Å². The predicted molar refractivity (Wildman–Crippen MR) is 60.8 cm³/mol. The summed E-state index contributed by atoms with van der Waals surface area (Å²) in [5.74, 6) is 1.44. The van der Waals surface area contributed by atoms with E-state index in [9.17, 15) is 13.2 Å². The molecule has 1 aliphatic heterocycles. The van der Waals surface area contributed by atoms with Crippen molar-refractivity contribution in [1.82, 2.24) is 10.6 Å². The third-order valence-corrected chi connectivity index (χ3v) is 4.10. The fourth-order valence-electron chi connectivity index (χ4n) is 3.27. The highest BCUT2D eigenvalue weighted by molar-refractivity contribution is 4.95. The van der Waals surface area contributed by atoms with E-state index < -0.39 is 18.6 Å². The van der Waals surface area contributed by atoms with E-state index >= 15 is 0 Å². The van der Waals surface area contributed by atoms with Crippen LogP contribution in [0.25, 0.3) is 0 Å². The lowest BCUT2D eigenvalue weighted by Crippen LogP contribution is -2.42. The molecular formula is C12H21F3N2. The highest BCUT2D eigenvalue weighted by atomic mass is 19.4. The fraction of sp³-hybridized carbons (Fsp3) is 1.00. The Morgan fingerprint density at radius 3 is 2.82 bits per heavy atom. The molecule has 2 aliphatic rings. The van der Waals surface area contributed by atoms with Gasteiger partial charge in [0.2, 0.25) is 0 Å². The van der Waals surface area contributed by atoms with Gasteiger partial charge in [0.1, 0.15) is 0 Å². The van der Waals surface area contributed by atoms with E-state index in [4.69, 9.17) is 0 Å². The lowest BCUT2D eigenvalue weighted by atomic mass is 9.94. The third-order valence-electron chi connectivity index (χ3n) is 4.10. The lowest BCUT2D eigenvalue weighted by Gasteiger charge is -2.22. The molecule has 2 N–H and O–H groups in total. The SMILES string of the molecule is CC(CC(F)(F)F)NCC1NCC2CCCC21. The first kappa shape index (κ1) is 13.1. The summed E-state index contributed by atoms with van der Waals surface area (Å²) in [5, 5.41) is 6.44. The second kappa shape index (κ2) is 5.14. The molecule has 5 heteroatoms. The first-order valence-electron chi connectivity index (χ1n) is 6.49. The van der Waals surface area contributed by atoms with E-state index in [0.29, 0.717) is 18.5 Å². The van der Waals surface area contributed by atoms with Crippen LogP contribution in [0.4, 0.5) is 13.2 Å². The van der Waals surface area contributed by atoms with Crippen LogP contribution in [0.15, 0.2) is 0 Å². The van der Waals surface area contributed by atoms with Crippen LogP contribution in [0.5, 0.6) is 0 Å². The number of alkyl halides is 3. The van der Waals surface area contributed by atoms with E-state index in [-0.39, 0.29) is 0 Å². The zero-order valence-electron chi connectivity index (χ0n) is 10.2. The normalized spacial score (nSPS) is 34.9. The van der Waals surface area contributed by atoms with Crippen molar-refractivity contribution in [3.05, 3.63) is 0 Å². The van der Waals surface area contributed by atoms with Gasteiger partial charge in [-0.05, 0) is 38.1 Å². The van der Waals surface area contributed by atoms with Crippen molar-refractivity contribution in [3.8, 4) is 0 Å². The molecule has 0 radical (unpaired) electrons. The summed E-state index contributed by atoms with van der Waals surface area (Å²) in [6.45, 7) is 3.32. The van der Waals surface area contributed by atoms with E-state index in [1.165, 1.54) is 19.3 Å². The van der Waals surface area contributed by atoms with Gasteiger partial charge in [0.15, 0.2) is 0 Å². The zero-order valence-corrected chi connectivity index (χ0v) is 10.2. The molecule has 100 valence electrons. The van der Waals surface area contributed by atoms with Gasteiger partial charge in [-0.25, -0.2) is 0 Å². The molecule has 1 heterocycles. The summed E-state index contributed by atoms with van der Waals surface area (Å²) < 4.78 is 36.5. The number of fused-ring (bicyclic) bond motifs is 1. The molecule has 2 rings (SSSR count). The number of hydrogen-bond acceptors (Lipinski definition) is 2. The van der Waals surface area contributed by atoms with Crippen molar-refractivity contribution in [2.75, 3.05) is 13.1 Å². The van der Waals surface area contributed by atoms with Crippen LogP contribution in [0.1, 0.15) is 32.6 Å². The van der Waals surface area contributed by atoms with Crippen molar-refractivity contribution in [3.63, 3.8) is 0 Å². The number of rotatable bonds is 4. The van der Waals surface area contributed by atoms with Crippen LogP contribution < -0.4 is 10.6 Å². The summed E-state index contributed by atoms with van der Waals surface area (Å²) >= 11 is 0. The van der Waals surface area contributed by atoms with E-state index in [1.54, 1.807) is 6.92 Å². The minimum Gasteiger partial charge on any atom is -0.312 e. The van der Waals surface area contributed by atoms with Crippen LogP contribution in [0.3, 0.4) is 0 Å². The molecule has 4 atom stereocenters. The Morgan fingerprint density at radius 1 is 1.35 bits per heavy atom. The standard InChI is InChI=1S/C12H21F3N2/c1-8(5-12(13,14)15)16-7-11-10-4-2-3-9(10)6-17-11/h8-11,16-17H,2-7H2,1H3. The van der Waals surface area contributed by atoms with Crippen molar-refractivity contribution in [2.45, 2.75) is 50.9 Å². The van der Waals surface area contributed by atoms with Crippen LogP contribution in [-0.2, 0) is 0 Å². The molecule has 0 aromatic rings. The molecule has 17 heavy (non-hydrogen) atoms. The maximum absolute atomic E-state index is 12.2. The summed E-state index contributed by atoms with van der Waals surface area (Å²) in [5.41, 5.74) is 0. The van der Waals surface area contributed by atoms with Crippen molar-refractivity contribution in [1.29, 1.82) is 0 Å². The Kier molecular flexibility index (Phi) is 3.98. The molecule has 0 bridgehead atoms. The highest BCUT2D eigenvalue weighted by Gasteiger charge is 2.39. The van der Waals surface area contributed by atoms with Crippen LogP contribution in [-0.4, -0.2) is 31.3 Å². The van der Waals surface area contributed by atoms with Gasteiger partial charge < -0.3 is 10.6 Å². The molecule has 4 unspecified atom stereocenters. The molecule has 0 amide bonds. The maximum atomic E-state index is 12.2. The second-order valence-corrected chi connectivity index (χ2v) is 5.50. The molecule has 1 saturated heterocycles. The Hall–Kier alpha value is -0.290. The summed E-state index contributed by atoms with van der Waals surface area (Å²) in [4.78, 5) is 0. The molecule has 2 nitrogen and oxygen atoms in total. The molecule has 1 saturated carbocycles. The van der Waals surface area contributed by atoms with Crippen LogP contribution in [0.2, 0.25) is 0 Å². The van der Waals surface area contributed by atoms with Gasteiger partial charge in [0, 0.05) is 18.6 Å². The van der Waals surface area contributed by atoms with E-state index in [1.807, 2.05) is 0 Å². The summed E-state index contributed by atoms with van der Waals surface area (Å²) in [6.07, 6.45) is -1.01. The maximum Gasteiger partial charge on any atom is 0.390 e. The van der Waals surface area contributed by atoms with Crippen molar-refractivity contribution in [2.24, 2.45) is 11.8 Å². The topological polar surface area (TPSA) is 24.1 Å². The van der Waals surface area contributed by atoms with Crippen molar-refractivity contribution < 1.29 is 13.2 Å². The minimum atomic E-state index is -4.06. The molecule has 2 fully saturated rings. The van der Waals surface area contributed by atoms with Gasteiger partial charge in [-0.3, -0.25) is 0 Å². The van der Waals surface area contributed by atoms with Gasteiger partial charge in [-0.2, -0.15) is 13.2 Å². The van der Waals surface area contributed by atoms with Crippen LogP contribution >= 0.6 is 0 Å². The largest absolute Gasteiger partial charge is 0.390 e. The second-order valence-electron chi connectivity index (χ2n) is 5.50. The molecule has 0 spiro atoms. The quantitative estimate of drug-likeness (QED) is 0.800. The van der Waals surface area contributed by atoms with E-state index in [0.717, 1.165) is 12.5 Å². The Bertz CT molecular complexity index is 255. The minimum absolute atomic E-state index is 0.373. The first-order valence-corrected chi connectivity index (χ1v) is 6.49. The first-order chi connectivity index (χ1) is 7.96. The smallest absolute Gasteiger partial charge is 0.312 e. The van der Waals surface area contributed by atoms with Gasteiger partial charge in [-0.1, -0.05) is 6.42 Å². The number of halogens is 3. The molecule has 1 aliphatic carbocycles. The summed E-state index contributed by atoms with van der Waals surface area (Å²) in [7, 11) is 0. The number of hydrogen-bond donors (Lipinski definition) is 2. The highest BCUT2D eigenvalue weighted by Crippen LogP contribution is 2.37. The van der Waals surface area contributed by atoms with Gasteiger partial charge in [0.05, 0.1) is 6.42 Å². The van der Waals surface area contributed by atoms with Gasteiger partial charge in [-0.15, -0.1) is 0 Å². The molecule has 0 aromatic carbocycles. The lowest BCUT2D eigenvalue weighted by molar-refractivity contribution is -0.139. The summed E-state index contributed by atoms with van der Waals surface area (Å²) in [6, 6.07) is -0.115. The average molecular weight is 250 g/mol. The van der Waals surface area contributed by atoms with Crippen LogP contribution in [0, 0.1) is 11.8 Å². The third kappa shape index (κ3) is 3.58. The monoisotopic (exact) mass is 250 g/mol. The van der Waals surface area contributed by atoms with Gasteiger partial charge in [0.25, 0.3) is 0 Å². The van der Waals surface area contributed by atoms with Crippen molar-refractivity contribution >= 4 is 0 Å². The molecule has 0 aromatic heterocycles. The predicted octanol–water partition coefficient (Wildman–Crippen LogP) is 2.31. The zero-order chi connectivity index (χ0) is 12.5. The Balaban J connectivity index is 1.71. The number of nitrogens with one attached hydrogen (secondary N) is 2. The Morgan fingerprint density at radius 2 is 2.12 bits per heavy atom. The van der Waals surface area contributed by atoms with E-state index in [2.05, 4.69) is 10.6 Å².